The highest BCUT2D eigenvalue weighted by Gasteiger charge is 2.09. The third-order valence-electron chi connectivity index (χ3n) is 2.39. The van der Waals surface area contributed by atoms with Crippen molar-refractivity contribution in [2.45, 2.75) is 12.1 Å². The summed E-state index contributed by atoms with van der Waals surface area (Å²) in [4.78, 5) is 11.1. The monoisotopic (exact) mass is 316 g/mol. The summed E-state index contributed by atoms with van der Waals surface area (Å²) in [5, 5.41) is 27.1. The number of carbonyl (C=O) groups excluding carboxylic acids is 1. The molecule has 0 aliphatic carbocycles. The Morgan fingerprint density at radius 3 is 2.73 bits per heavy atom. The maximum absolute atomic E-state index is 11.2. The van der Waals surface area contributed by atoms with Crippen LogP contribution in [-0.2, 0) is 4.79 Å². The smallest absolute Gasteiger partial charge is 0.281 e. The topological polar surface area (TPSA) is 112 Å². The molecule has 0 aliphatic heterocycles. The SMILES string of the molecule is Cc1nnc(S/C(=C\c2ccc(OCC#N)cc2)C(=O)[O-])o1. The van der Waals surface area contributed by atoms with Crippen LogP contribution in [0.2, 0.25) is 0 Å². The number of aryl methyl sites for hydroxylation is 1. The summed E-state index contributed by atoms with van der Waals surface area (Å²) < 4.78 is 10.2. The second kappa shape index (κ2) is 7.28. The fourth-order valence-electron chi connectivity index (χ4n) is 1.47. The van der Waals surface area contributed by atoms with Crippen LogP contribution in [0.1, 0.15) is 11.5 Å². The van der Waals surface area contributed by atoms with Gasteiger partial charge in [-0.15, -0.1) is 10.2 Å². The Hall–Kier alpha value is -2.79. The van der Waals surface area contributed by atoms with Crippen LogP contribution in [0.25, 0.3) is 6.08 Å². The number of aromatic nitrogens is 2. The Kier molecular flexibility index (Phi) is 5.16. The number of hydrogen-bond donors (Lipinski definition) is 0. The molecule has 0 atom stereocenters. The van der Waals surface area contributed by atoms with Gasteiger partial charge in [-0.05, 0) is 35.5 Å². The van der Waals surface area contributed by atoms with E-state index in [1.807, 2.05) is 6.07 Å². The molecule has 0 saturated carbocycles. The van der Waals surface area contributed by atoms with Crippen molar-refractivity contribution >= 4 is 23.8 Å². The molecule has 0 aliphatic rings. The molecule has 1 aromatic heterocycles. The van der Waals surface area contributed by atoms with E-state index in [0.717, 1.165) is 11.8 Å². The number of aliphatic carboxylic acids is 1. The average Bonchev–Trinajstić information content (AvgIpc) is 2.91. The lowest BCUT2D eigenvalue weighted by Crippen LogP contribution is -2.23. The number of hydrogen-bond acceptors (Lipinski definition) is 8. The van der Waals surface area contributed by atoms with Crippen molar-refractivity contribution in [3.63, 3.8) is 0 Å². The van der Waals surface area contributed by atoms with Crippen molar-refractivity contribution in [1.29, 1.82) is 5.26 Å². The highest BCUT2D eigenvalue weighted by atomic mass is 32.2. The van der Waals surface area contributed by atoms with Gasteiger partial charge in [-0.25, -0.2) is 0 Å². The second-order valence-corrected chi connectivity index (χ2v) is 4.99. The van der Waals surface area contributed by atoms with Gasteiger partial charge in [0.05, 0.1) is 5.97 Å². The summed E-state index contributed by atoms with van der Waals surface area (Å²) in [7, 11) is 0. The lowest BCUT2D eigenvalue weighted by Gasteiger charge is -2.06. The van der Waals surface area contributed by atoms with Crippen LogP contribution >= 0.6 is 11.8 Å². The van der Waals surface area contributed by atoms with Gasteiger partial charge < -0.3 is 19.1 Å². The van der Waals surface area contributed by atoms with Crippen molar-refractivity contribution < 1.29 is 19.1 Å². The number of carboxylic acids is 1. The summed E-state index contributed by atoms with van der Waals surface area (Å²) in [6, 6.07) is 8.46. The van der Waals surface area contributed by atoms with E-state index in [1.54, 1.807) is 31.2 Å². The molecule has 0 fully saturated rings. The Labute approximate surface area is 130 Å². The first-order chi connectivity index (χ1) is 10.6. The van der Waals surface area contributed by atoms with Gasteiger partial charge in [0, 0.05) is 11.8 Å². The van der Waals surface area contributed by atoms with Crippen molar-refractivity contribution in [2.75, 3.05) is 6.61 Å². The predicted octanol–water partition coefficient (Wildman–Crippen LogP) is 1.16. The summed E-state index contributed by atoms with van der Waals surface area (Å²) >= 11 is 0.815. The molecule has 0 N–H and O–H groups in total. The van der Waals surface area contributed by atoms with Crippen LogP contribution in [-0.4, -0.2) is 22.8 Å². The Morgan fingerprint density at radius 1 is 1.45 bits per heavy atom. The van der Waals surface area contributed by atoms with Gasteiger partial charge in [-0.2, -0.15) is 5.26 Å². The third kappa shape index (κ3) is 4.36. The van der Waals surface area contributed by atoms with Gasteiger partial charge >= 0.3 is 0 Å². The average molecular weight is 316 g/mol. The molecule has 2 rings (SSSR count). The zero-order valence-corrected chi connectivity index (χ0v) is 12.3. The quantitative estimate of drug-likeness (QED) is 0.576. The molecule has 1 heterocycles. The summed E-state index contributed by atoms with van der Waals surface area (Å²) in [6.07, 6.45) is 1.42. The molecule has 0 unspecified atom stereocenters. The molecule has 0 saturated heterocycles. The molecule has 2 aromatic rings. The number of ether oxygens (including phenoxy) is 1. The predicted molar refractivity (Wildman–Crippen MR) is 75.4 cm³/mol. The molecule has 0 amide bonds. The van der Waals surface area contributed by atoms with E-state index in [9.17, 15) is 9.90 Å². The van der Waals surface area contributed by atoms with Gasteiger partial charge in [0.1, 0.15) is 11.8 Å². The van der Waals surface area contributed by atoms with Crippen LogP contribution in [0.3, 0.4) is 0 Å². The van der Waals surface area contributed by atoms with Crippen molar-refractivity contribution in [1.82, 2.24) is 10.2 Å². The molecule has 8 heteroatoms. The van der Waals surface area contributed by atoms with Crippen molar-refractivity contribution in [2.24, 2.45) is 0 Å². The van der Waals surface area contributed by atoms with E-state index < -0.39 is 5.97 Å². The van der Waals surface area contributed by atoms with E-state index in [4.69, 9.17) is 14.4 Å². The van der Waals surface area contributed by atoms with E-state index in [2.05, 4.69) is 10.2 Å². The third-order valence-corrected chi connectivity index (χ3v) is 3.23. The molecular formula is C14H10N3O4S-. The second-order valence-electron chi connectivity index (χ2n) is 4.00. The standard InChI is InChI=1S/C14H11N3O4S/c1-9-16-17-14(21-9)22-12(13(18)19)8-10-2-4-11(5-3-10)20-7-6-15/h2-5,8H,7H2,1H3,(H,18,19)/p-1/b12-8-. The Bertz CT molecular complexity index is 731. The van der Waals surface area contributed by atoms with E-state index >= 15 is 0 Å². The first-order valence-corrected chi connectivity index (χ1v) is 6.91. The number of nitrogens with zero attached hydrogens (tertiary/aromatic N) is 3. The highest BCUT2D eigenvalue weighted by molar-refractivity contribution is 8.03. The van der Waals surface area contributed by atoms with Gasteiger partial charge in [0.2, 0.25) is 5.89 Å². The zero-order valence-electron chi connectivity index (χ0n) is 11.5. The van der Waals surface area contributed by atoms with Gasteiger partial charge in [-0.1, -0.05) is 12.1 Å². The first kappa shape index (κ1) is 15.6. The summed E-state index contributed by atoms with van der Waals surface area (Å²) in [5.74, 6) is -0.473. The van der Waals surface area contributed by atoms with Crippen LogP contribution in [0, 0.1) is 18.3 Å². The molecule has 1 aromatic carbocycles. The van der Waals surface area contributed by atoms with Gasteiger partial charge in [0.25, 0.3) is 5.22 Å². The largest absolute Gasteiger partial charge is 0.544 e. The van der Waals surface area contributed by atoms with Gasteiger partial charge in [-0.3, -0.25) is 0 Å². The summed E-state index contributed by atoms with van der Waals surface area (Å²) in [6.45, 7) is 1.56. The fraction of sp³-hybridized carbons (Fsp3) is 0.143. The van der Waals surface area contributed by atoms with Crippen LogP contribution < -0.4 is 9.84 Å². The maximum Gasteiger partial charge on any atom is 0.281 e. The van der Waals surface area contributed by atoms with Crippen molar-refractivity contribution in [3.8, 4) is 11.8 Å². The number of benzene rings is 1. The molecular weight excluding hydrogens is 306 g/mol. The first-order valence-electron chi connectivity index (χ1n) is 6.09. The maximum atomic E-state index is 11.2. The molecule has 22 heavy (non-hydrogen) atoms. The van der Waals surface area contributed by atoms with Gasteiger partial charge in [0.15, 0.2) is 6.61 Å². The number of rotatable bonds is 6. The molecule has 0 radical (unpaired) electrons. The number of thioether (sulfide) groups is 1. The molecule has 112 valence electrons. The molecule has 0 spiro atoms. The number of carboxylic acid groups (broad SMARTS) is 1. The van der Waals surface area contributed by atoms with Crippen LogP contribution in [0.5, 0.6) is 5.75 Å². The minimum Gasteiger partial charge on any atom is -0.544 e. The Morgan fingerprint density at radius 2 is 2.18 bits per heavy atom. The molecule has 7 nitrogen and oxygen atoms in total. The minimum absolute atomic E-state index is 0.0498. The summed E-state index contributed by atoms with van der Waals surface area (Å²) in [5.41, 5.74) is 0.632. The van der Waals surface area contributed by atoms with E-state index in [-0.39, 0.29) is 16.7 Å². The lowest BCUT2D eigenvalue weighted by atomic mass is 10.2. The number of carbonyl (C=O) groups is 1. The Balaban J connectivity index is 2.15. The minimum atomic E-state index is -1.34. The zero-order chi connectivity index (χ0) is 15.9. The normalized spacial score (nSPS) is 11.0. The fourth-order valence-corrected chi connectivity index (χ4v) is 2.18. The van der Waals surface area contributed by atoms with E-state index in [1.165, 1.54) is 6.08 Å². The van der Waals surface area contributed by atoms with Crippen LogP contribution in [0.15, 0.2) is 38.8 Å². The molecule has 0 bridgehead atoms. The van der Waals surface area contributed by atoms with Crippen molar-refractivity contribution in [3.05, 3.63) is 40.6 Å². The lowest BCUT2D eigenvalue weighted by molar-refractivity contribution is -0.298. The van der Waals surface area contributed by atoms with Crippen LogP contribution in [0.4, 0.5) is 0 Å². The number of nitriles is 1. The van der Waals surface area contributed by atoms with E-state index in [0.29, 0.717) is 17.2 Å². The highest BCUT2D eigenvalue weighted by Crippen LogP contribution is 2.27.